The van der Waals surface area contributed by atoms with Crippen LogP contribution in [0, 0.1) is 5.82 Å². The molecule has 2 aromatic carbocycles. The lowest BCUT2D eigenvalue weighted by Gasteiger charge is -2.21. The van der Waals surface area contributed by atoms with Gasteiger partial charge in [0.1, 0.15) is 17.3 Å². The standard InChI is InChI=1S/C33H42F4O6/c1-3-5-7-9-10-11-12-14-16-30(38)41-25-19-17-24(18-20-25)31(39)42-26-21-22-27(28(34)23-26)32(40)43-29(33(35,36)37)15-13-8-6-4-2/h17-23,29H,3-16H2,1-2H3. The van der Waals surface area contributed by atoms with Gasteiger partial charge in [0.15, 0.2) is 6.10 Å². The van der Waals surface area contributed by atoms with Crippen molar-refractivity contribution in [3.8, 4) is 11.5 Å². The fraction of sp³-hybridized carbons (Fsp3) is 0.545. The minimum Gasteiger partial charge on any atom is -0.449 e. The smallest absolute Gasteiger partial charge is 0.425 e. The minimum atomic E-state index is -4.78. The Morgan fingerprint density at radius 2 is 1.26 bits per heavy atom. The predicted molar refractivity (Wildman–Crippen MR) is 155 cm³/mol. The van der Waals surface area contributed by atoms with Gasteiger partial charge in [-0.15, -0.1) is 0 Å². The number of halogens is 4. The maximum absolute atomic E-state index is 14.6. The van der Waals surface area contributed by atoms with Gasteiger partial charge in [-0.1, -0.05) is 78.1 Å². The van der Waals surface area contributed by atoms with Gasteiger partial charge in [-0.2, -0.15) is 13.2 Å². The molecule has 0 saturated heterocycles. The number of esters is 3. The molecule has 0 spiro atoms. The number of unbranched alkanes of at least 4 members (excludes halogenated alkanes) is 10. The number of ether oxygens (including phenoxy) is 3. The summed E-state index contributed by atoms with van der Waals surface area (Å²) in [5.74, 6) is -3.87. The molecule has 0 radical (unpaired) electrons. The van der Waals surface area contributed by atoms with Gasteiger partial charge in [0.25, 0.3) is 0 Å². The zero-order valence-corrected chi connectivity index (χ0v) is 25.0. The van der Waals surface area contributed by atoms with Crippen molar-refractivity contribution in [2.45, 2.75) is 116 Å². The van der Waals surface area contributed by atoms with Crippen LogP contribution in [0.2, 0.25) is 0 Å². The van der Waals surface area contributed by atoms with E-state index in [1.807, 2.05) is 6.92 Å². The van der Waals surface area contributed by atoms with Gasteiger partial charge in [-0.25, -0.2) is 14.0 Å². The molecule has 0 aliphatic rings. The molecule has 1 unspecified atom stereocenters. The molecule has 0 aliphatic carbocycles. The van der Waals surface area contributed by atoms with Gasteiger partial charge in [-0.3, -0.25) is 4.79 Å². The Morgan fingerprint density at radius 3 is 1.84 bits per heavy atom. The Balaban J connectivity index is 1.85. The number of carbonyl (C=O) groups is 3. The van der Waals surface area contributed by atoms with Crippen LogP contribution in [0.5, 0.6) is 11.5 Å². The van der Waals surface area contributed by atoms with Crippen LogP contribution in [0.4, 0.5) is 17.6 Å². The maximum atomic E-state index is 14.6. The first kappa shape index (κ1) is 35.8. The van der Waals surface area contributed by atoms with E-state index in [0.717, 1.165) is 56.7 Å². The predicted octanol–water partition coefficient (Wildman–Crippen LogP) is 9.54. The molecular weight excluding hydrogens is 568 g/mol. The molecule has 2 aromatic rings. The van der Waals surface area contributed by atoms with Crippen LogP contribution >= 0.6 is 0 Å². The van der Waals surface area contributed by atoms with E-state index >= 15 is 0 Å². The topological polar surface area (TPSA) is 78.9 Å². The first-order chi connectivity index (χ1) is 20.5. The fourth-order valence-electron chi connectivity index (χ4n) is 4.37. The van der Waals surface area contributed by atoms with Crippen molar-refractivity contribution in [3.63, 3.8) is 0 Å². The van der Waals surface area contributed by atoms with Crippen molar-refractivity contribution in [2.24, 2.45) is 0 Å². The van der Waals surface area contributed by atoms with E-state index in [9.17, 15) is 31.9 Å². The number of hydrogen-bond acceptors (Lipinski definition) is 6. The average molecular weight is 611 g/mol. The first-order valence-corrected chi connectivity index (χ1v) is 15.1. The Labute approximate surface area is 251 Å². The third-order valence-electron chi connectivity index (χ3n) is 6.86. The lowest BCUT2D eigenvalue weighted by Crippen LogP contribution is -2.34. The molecule has 238 valence electrons. The summed E-state index contributed by atoms with van der Waals surface area (Å²) >= 11 is 0. The van der Waals surface area contributed by atoms with Crippen molar-refractivity contribution < 1.29 is 46.2 Å². The van der Waals surface area contributed by atoms with Gasteiger partial charge >= 0.3 is 24.1 Å². The van der Waals surface area contributed by atoms with Crippen LogP contribution < -0.4 is 9.47 Å². The summed E-state index contributed by atoms with van der Waals surface area (Å²) in [5.41, 5.74) is -0.622. The second-order valence-corrected chi connectivity index (χ2v) is 10.5. The Morgan fingerprint density at radius 1 is 0.698 bits per heavy atom. The van der Waals surface area contributed by atoms with E-state index in [0.29, 0.717) is 12.8 Å². The summed E-state index contributed by atoms with van der Waals surface area (Å²) < 4.78 is 69.6. The molecule has 0 amide bonds. The van der Waals surface area contributed by atoms with E-state index in [2.05, 4.69) is 11.7 Å². The van der Waals surface area contributed by atoms with Crippen LogP contribution in [-0.2, 0) is 9.53 Å². The monoisotopic (exact) mass is 610 g/mol. The van der Waals surface area contributed by atoms with E-state index in [1.165, 1.54) is 49.9 Å². The second kappa shape index (κ2) is 19.0. The highest BCUT2D eigenvalue weighted by Gasteiger charge is 2.42. The third-order valence-corrected chi connectivity index (χ3v) is 6.86. The average Bonchev–Trinajstić information content (AvgIpc) is 2.95. The van der Waals surface area contributed by atoms with E-state index in [4.69, 9.17) is 9.47 Å². The zero-order chi connectivity index (χ0) is 31.7. The first-order valence-electron chi connectivity index (χ1n) is 15.1. The fourth-order valence-corrected chi connectivity index (χ4v) is 4.37. The molecule has 0 saturated carbocycles. The van der Waals surface area contributed by atoms with Crippen molar-refractivity contribution in [1.29, 1.82) is 0 Å². The molecule has 43 heavy (non-hydrogen) atoms. The summed E-state index contributed by atoms with van der Waals surface area (Å²) in [6.07, 6.45) is 3.99. The van der Waals surface area contributed by atoms with E-state index in [-0.39, 0.29) is 29.5 Å². The molecule has 10 heteroatoms. The summed E-state index contributed by atoms with van der Waals surface area (Å²) in [4.78, 5) is 36.9. The molecule has 1 atom stereocenters. The normalized spacial score (nSPS) is 12.0. The van der Waals surface area contributed by atoms with Crippen molar-refractivity contribution in [1.82, 2.24) is 0 Å². The summed E-state index contributed by atoms with van der Waals surface area (Å²) in [6, 6.07) is 8.33. The number of rotatable bonds is 19. The van der Waals surface area contributed by atoms with E-state index in [1.54, 1.807) is 0 Å². The highest BCUT2D eigenvalue weighted by atomic mass is 19.4. The molecule has 2 rings (SSSR count). The van der Waals surface area contributed by atoms with Crippen LogP contribution in [0.25, 0.3) is 0 Å². The summed E-state index contributed by atoms with van der Waals surface area (Å²) in [5, 5.41) is 0. The largest absolute Gasteiger partial charge is 0.449 e. The summed E-state index contributed by atoms with van der Waals surface area (Å²) in [7, 11) is 0. The molecule has 6 nitrogen and oxygen atoms in total. The SMILES string of the molecule is CCCCCCCCCCC(=O)Oc1ccc(C(=O)Oc2ccc(C(=O)OC(CCCCCC)C(F)(F)F)c(F)c2)cc1. The van der Waals surface area contributed by atoms with Crippen LogP contribution in [-0.4, -0.2) is 30.2 Å². The zero-order valence-electron chi connectivity index (χ0n) is 25.0. The van der Waals surface area contributed by atoms with Gasteiger partial charge in [0, 0.05) is 12.5 Å². The Bertz CT molecular complexity index is 1150. The lowest BCUT2D eigenvalue weighted by molar-refractivity contribution is -0.206. The third kappa shape index (κ3) is 13.6. The Kier molecular flexibility index (Phi) is 15.8. The molecule has 0 aromatic heterocycles. The van der Waals surface area contributed by atoms with Crippen LogP contribution in [0.15, 0.2) is 42.5 Å². The van der Waals surface area contributed by atoms with Crippen molar-refractivity contribution in [2.75, 3.05) is 0 Å². The minimum absolute atomic E-state index is 0.0860. The lowest BCUT2D eigenvalue weighted by atomic mass is 10.1. The maximum Gasteiger partial charge on any atom is 0.425 e. The number of alkyl halides is 3. The van der Waals surface area contributed by atoms with Crippen LogP contribution in [0.1, 0.15) is 124 Å². The van der Waals surface area contributed by atoms with Gasteiger partial charge in [-0.05, 0) is 55.7 Å². The van der Waals surface area contributed by atoms with E-state index < -0.39 is 42.0 Å². The second-order valence-electron chi connectivity index (χ2n) is 10.5. The molecular formula is C33H42F4O6. The molecule has 0 N–H and O–H groups in total. The molecule has 0 bridgehead atoms. The number of carbonyl (C=O) groups excluding carboxylic acids is 3. The Hall–Kier alpha value is -3.43. The molecule has 0 aliphatic heterocycles. The molecule has 0 fully saturated rings. The quantitative estimate of drug-likeness (QED) is 0.0682. The van der Waals surface area contributed by atoms with Crippen molar-refractivity contribution >= 4 is 17.9 Å². The number of hydrogen-bond donors (Lipinski definition) is 0. The van der Waals surface area contributed by atoms with Crippen LogP contribution in [0.3, 0.4) is 0 Å². The van der Waals surface area contributed by atoms with Gasteiger partial charge in [0.05, 0.1) is 11.1 Å². The summed E-state index contributed by atoms with van der Waals surface area (Å²) in [6.45, 7) is 4.09. The van der Waals surface area contributed by atoms with Gasteiger partial charge < -0.3 is 14.2 Å². The molecule has 0 heterocycles. The van der Waals surface area contributed by atoms with Gasteiger partial charge in [0.2, 0.25) is 0 Å². The highest BCUT2D eigenvalue weighted by Crippen LogP contribution is 2.29. The number of benzene rings is 2. The van der Waals surface area contributed by atoms with Crippen molar-refractivity contribution in [3.05, 3.63) is 59.4 Å². The highest BCUT2D eigenvalue weighted by molar-refractivity contribution is 5.92.